The first-order valence-corrected chi connectivity index (χ1v) is 10.8. The first-order valence-electron chi connectivity index (χ1n) is 10.8. The van der Waals surface area contributed by atoms with Gasteiger partial charge < -0.3 is 14.5 Å². The number of hydrogen-bond acceptors (Lipinski definition) is 4. The lowest BCUT2D eigenvalue weighted by atomic mass is 10.1. The summed E-state index contributed by atoms with van der Waals surface area (Å²) in [5.74, 6) is 1.55. The number of hydrogen-bond donors (Lipinski definition) is 1. The van der Waals surface area contributed by atoms with Gasteiger partial charge >= 0.3 is 0 Å². The van der Waals surface area contributed by atoms with Gasteiger partial charge in [0.1, 0.15) is 18.2 Å². The van der Waals surface area contributed by atoms with E-state index in [0.29, 0.717) is 12.4 Å². The highest BCUT2D eigenvalue weighted by molar-refractivity contribution is 5.56. The number of nitrogens with one attached hydrogen (secondary N) is 1. The summed E-state index contributed by atoms with van der Waals surface area (Å²) in [4.78, 5) is 19.5. The summed E-state index contributed by atoms with van der Waals surface area (Å²) >= 11 is 0. The summed E-state index contributed by atoms with van der Waals surface area (Å²) in [5.41, 5.74) is 1.53. The minimum Gasteiger partial charge on any atom is -0.494 e. The topological polar surface area (TPSA) is 64.2 Å². The van der Waals surface area contributed by atoms with Crippen LogP contribution in [0.3, 0.4) is 0 Å². The number of H-pyrrole nitrogens is 1. The standard InChI is InChI=1S/C25H30N2O3/c1-2-3-4-5-6-10-17-29-22-15-13-21(14-16-22)24-26-18-23(25(28)27-24)30-19-20-11-8-7-9-12-20/h7-9,11-16,18H,2-6,10,17,19H2,1H3,(H,26,27,28). The van der Waals surface area contributed by atoms with Crippen molar-refractivity contribution >= 4 is 0 Å². The van der Waals surface area contributed by atoms with Crippen molar-refractivity contribution in [2.45, 2.75) is 52.1 Å². The van der Waals surface area contributed by atoms with Gasteiger partial charge in [-0.05, 0) is 36.2 Å². The van der Waals surface area contributed by atoms with Gasteiger partial charge in [0.15, 0.2) is 0 Å². The second-order valence-corrected chi connectivity index (χ2v) is 7.34. The van der Waals surface area contributed by atoms with Crippen LogP contribution in [0.25, 0.3) is 11.4 Å². The first-order chi connectivity index (χ1) is 14.8. The van der Waals surface area contributed by atoms with Gasteiger partial charge in [-0.1, -0.05) is 69.4 Å². The molecular formula is C25H30N2O3. The zero-order chi connectivity index (χ0) is 21.0. The third-order valence-electron chi connectivity index (χ3n) is 4.90. The van der Waals surface area contributed by atoms with Crippen LogP contribution in [-0.4, -0.2) is 16.6 Å². The molecule has 0 saturated carbocycles. The molecule has 0 aliphatic rings. The quantitative estimate of drug-likeness (QED) is 0.389. The summed E-state index contributed by atoms with van der Waals surface area (Å²) < 4.78 is 11.4. The highest BCUT2D eigenvalue weighted by Crippen LogP contribution is 2.20. The fraction of sp³-hybridized carbons (Fsp3) is 0.360. The normalized spacial score (nSPS) is 10.7. The number of aromatic amines is 1. The van der Waals surface area contributed by atoms with Gasteiger partial charge in [0.05, 0.1) is 12.8 Å². The van der Waals surface area contributed by atoms with Crippen LogP contribution in [-0.2, 0) is 6.61 Å². The van der Waals surface area contributed by atoms with Crippen LogP contribution in [0.15, 0.2) is 65.6 Å². The molecule has 5 heteroatoms. The summed E-state index contributed by atoms with van der Waals surface area (Å²) in [6.07, 6.45) is 8.93. The van der Waals surface area contributed by atoms with E-state index in [4.69, 9.17) is 9.47 Å². The molecule has 158 valence electrons. The maximum Gasteiger partial charge on any atom is 0.293 e. The number of nitrogens with zero attached hydrogens (tertiary/aromatic N) is 1. The molecule has 0 unspecified atom stereocenters. The van der Waals surface area contributed by atoms with E-state index in [2.05, 4.69) is 16.9 Å². The zero-order valence-electron chi connectivity index (χ0n) is 17.6. The van der Waals surface area contributed by atoms with E-state index < -0.39 is 0 Å². The minimum absolute atomic E-state index is 0.210. The molecule has 1 aromatic heterocycles. The smallest absolute Gasteiger partial charge is 0.293 e. The molecule has 3 aromatic rings. The van der Waals surface area contributed by atoms with Crippen molar-refractivity contribution in [1.82, 2.24) is 9.97 Å². The SMILES string of the molecule is CCCCCCCCOc1ccc(-c2ncc(OCc3ccccc3)c(=O)[nH]2)cc1. The summed E-state index contributed by atoms with van der Waals surface area (Å²) in [6.45, 7) is 3.29. The molecule has 0 aliphatic carbocycles. The van der Waals surface area contributed by atoms with Gasteiger partial charge in [0.25, 0.3) is 5.56 Å². The predicted molar refractivity (Wildman–Crippen MR) is 120 cm³/mol. The zero-order valence-corrected chi connectivity index (χ0v) is 17.6. The molecule has 5 nitrogen and oxygen atoms in total. The van der Waals surface area contributed by atoms with Crippen molar-refractivity contribution in [3.8, 4) is 22.9 Å². The first kappa shape index (κ1) is 21.6. The van der Waals surface area contributed by atoms with E-state index in [9.17, 15) is 4.79 Å². The van der Waals surface area contributed by atoms with Crippen LogP contribution in [0.2, 0.25) is 0 Å². The molecule has 1 heterocycles. The lowest BCUT2D eigenvalue weighted by Crippen LogP contribution is -2.13. The molecule has 0 atom stereocenters. The second-order valence-electron chi connectivity index (χ2n) is 7.34. The molecule has 0 saturated heterocycles. The van der Waals surface area contributed by atoms with Gasteiger partial charge in [-0.25, -0.2) is 4.98 Å². The van der Waals surface area contributed by atoms with Crippen LogP contribution in [0.5, 0.6) is 11.5 Å². The van der Waals surface area contributed by atoms with Crippen LogP contribution in [0, 0.1) is 0 Å². The number of ether oxygens (including phenoxy) is 2. The van der Waals surface area contributed by atoms with Crippen LogP contribution < -0.4 is 15.0 Å². The van der Waals surface area contributed by atoms with Gasteiger partial charge in [-0.3, -0.25) is 4.79 Å². The highest BCUT2D eigenvalue weighted by atomic mass is 16.5. The van der Waals surface area contributed by atoms with Gasteiger partial charge in [0, 0.05) is 5.56 Å². The Bertz CT molecular complexity index is 937. The monoisotopic (exact) mass is 406 g/mol. The van der Waals surface area contributed by atoms with Crippen LogP contribution in [0.4, 0.5) is 0 Å². The average molecular weight is 407 g/mol. The van der Waals surface area contributed by atoms with E-state index in [1.54, 1.807) is 0 Å². The lowest BCUT2D eigenvalue weighted by Gasteiger charge is -2.08. The summed E-state index contributed by atoms with van der Waals surface area (Å²) in [5, 5.41) is 0. The van der Waals surface area contributed by atoms with Crippen molar-refractivity contribution in [2.24, 2.45) is 0 Å². The predicted octanol–water partition coefficient (Wildman–Crippen LogP) is 5.76. The molecular weight excluding hydrogens is 376 g/mol. The number of aromatic nitrogens is 2. The highest BCUT2D eigenvalue weighted by Gasteiger charge is 2.07. The average Bonchev–Trinajstić information content (AvgIpc) is 2.79. The number of benzene rings is 2. The Balaban J connectivity index is 1.49. The number of unbranched alkanes of at least 4 members (excludes halogenated alkanes) is 5. The lowest BCUT2D eigenvalue weighted by molar-refractivity contribution is 0.300. The Hall–Kier alpha value is -3.08. The Kier molecular flexibility index (Phi) is 8.51. The van der Waals surface area contributed by atoms with Gasteiger partial charge in [-0.2, -0.15) is 0 Å². The maximum atomic E-state index is 12.3. The molecule has 1 N–H and O–H groups in total. The Morgan fingerprint density at radius 2 is 1.60 bits per heavy atom. The third kappa shape index (κ3) is 6.76. The largest absolute Gasteiger partial charge is 0.494 e. The van der Waals surface area contributed by atoms with Crippen molar-refractivity contribution in [3.63, 3.8) is 0 Å². The van der Waals surface area contributed by atoms with Crippen molar-refractivity contribution < 1.29 is 9.47 Å². The molecule has 0 radical (unpaired) electrons. The molecule has 0 aliphatic heterocycles. The molecule has 30 heavy (non-hydrogen) atoms. The number of rotatable bonds is 12. The molecule has 0 bridgehead atoms. The van der Waals surface area contributed by atoms with Gasteiger partial charge in [0.2, 0.25) is 5.75 Å². The van der Waals surface area contributed by atoms with Gasteiger partial charge in [-0.15, -0.1) is 0 Å². The second kappa shape index (κ2) is 11.8. The Labute approximate surface area is 178 Å². The Morgan fingerprint density at radius 3 is 2.33 bits per heavy atom. The molecule has 0 spiro atoms. The minimum atomic E-state index is -0.292. The van der Waals surface area contributed by atoms with Crippen molar-refractivity contribution in [2.75, 3.05) is 6.61 Å². The van der Waals surface area contributed by atoms with Crippen molar-refractivity contribution in [1.29, 1.82) is 0 Å². The maximum absolute atomic E-state index is 12.3. The summed E-state index contributed by atoms with van der Waals surface area (Å²) in [7, 11) is 0. The fourth-order valence-corrected chi connectivity index (χ4v) is 3.15. The molecule has 3 rings (SSSR count). The summed E-state index contributed by atoms with van der Waals surface area (Å²) in [6, 6.07) is 17.3. The van der Waals surface area contributed by atoms with Crippen molar-refractivity contribution in [3.05, 3.63) is 76.7 Å². The van der Waals surface area contributed by atoms with E-state index in [0.717, 1.165) is 29.9 Å². The molecule has 0 fully saturated rings. The van der Waals surface area contributed by atoms with E-state index >= 15 is 0 Å². The Morgan fingerprint density at radius 1 is 0.867 bits per heavy atom. The fourth-order valence-electron chi connectivity index (χ4n) is 3.15. The third-order valence-corrected chi connectivity index (χ3v) is 4.90. The van der Waals surface area contributed by atoms with E-state index in [1.807, 2.05) is 54.6 Å². The van der Waals surface area contributed by atoms with Crippen LogP contribution in [0.1, 0.15) is 51.0 Å². The van der Waals surface area contributed by atoms with E-state index in [-0.39, 0.29) is 11.3 Å². The van der Waals surface area contributed by atoms with Crippen LogP contribution >= 0.6 is 0 Å². The van der Waals surface area contributed by atoms with E-state index in [1.165, 1.54) is 38.3 Å². The molecule has 2 aromatic carbocycles. The molecule has 0 amide bonds.